The normalized spacial score (nSPS) is 12.6. The van der Waals surface area contributed by atoms with Crippen LogP contribution < -0.4 is 14.8 Å². The Morgan fingerprint density at radius 1 is 0.677 bits per heavy atom. The lowest BCUT2D eigenvalue weighted by molar-refractivity contribution is -0.159. The summed E-state index contributed by atoms with van der Waals surface area (Å²) in [6.07, 6.45) is 1.52. The lowest BCUT2D eigenvalue weighted by Crippen LogP contribution is -2.48. The molecule has 0 aromatic heterocycles. The molecule has 15 nitrogen and oxygen atoms in total. The van der Waals surface area contributed by atoms with Gasteiger partial charge in [0.15, 0.2) is 13.6 Å². The van der Waals surface area contributed by atoms with E-state index >= 15 is 0 Å². The van der Waals surface area contributed by atoms with E-state index < -0.39 is 31.3 Å². The molecule has 0 aliphatic carbocycles. The third-order valence-corrected chi connectivity index (χ3v) is 10.7. The number of methoxy groups -OCH3 is 2. The van der Waals surface area contributed by atoms with E-state index in [-0.39, 0.29) is 38.7 Å². The average Bonchev–Trinajstić information content (AvgIpc) is 3.16. The topological polar surface area (TPSA) is 153 Å². The fourth-order valence-electron chi connectivity index (χ4n) is 6.10. The van der Waals surface area contributed by atoms with Crippen molar-refractivity contribution in [2.24, 2.45) is 0 Å². The number of nitrogens with one attached hydrogen (secondary N) is 1. The second kappa shape index (κ2) is 28.8. The van der Waals surface area contributed by atoms with Crippen molar-refractivity contribution in [2.45, 2.75) is 117 Å². The number of carbonyl (C=O) groups is 3. The van der Waals surface area contributed by atoms with Gasteiger partial charge in [-0.25, -0.2) is 4.79 Å². The molecule has 2 aromatic carbocycles. The minimum absolute atomic E-state index is 0.0199. The van der Waals surface area contributed by atoms with E-state index in [9.17, 15) is 14.4 Å². The first-order valence-electron chi connectivity index (χ1n) is 21.6. The van der Waals surface area contributed by atoms with Crippen LogP contribution in [-0.2, 0) is 55.8 Å². The molecule has 0 saturated heterocycles. The number of esters is 2. The molecule has 1 N–H and O–H groups in total. The number of rotatable bonds is 31. The van der Waals surface area contributed by atoms with E-state index in [0.29, 0.717) is 90.0 Å². The molecule has 2 aromatic rings. The third kappa shape index (κ3) is 26.0. The highest BCUT2D eigenvalue weighted by molar-refractivity contribution is 6.76. The summed E-state index contributed by atoms with van der Waals surface area (Å²) < 4.78 is 50.7. The molecule has 0 unspecified atom stereocenters. The van der Waals surface area contributed by atoms with Crippen LogP contribution >= 0.6 is 0 Å². The number of alkyl carbamates (subject to hydrolysis) is 1. The van der Waals surface area contributed by atoms with E-state index in [2.05, 4.69) is 29.9 Å². The molecule has 0 saturated carbocycles. The van der Waals surface area contributed by atoms with Crippen molar-refractivity contribution >= 4 is 26.1 Å². The molecule has 352 valence electrons. The number of unbranched alkanes of at least 4 members (excludes halogenated alkanes) is 1. The Morgan fingerprint density at radius 2 is 1.19 bits per heavy atom. The van der Waals surface area contributed by atoms with Gasteiger partial charge < -0.3 is 47.9 Å². The fourth-order valence-corrected chi connectivity index (χ4v) is 6.82. The van der Waals surface area contributed by atoms with Crippen molar-refractivity contribution in [3.8, 4) is 11.5 Å². The summed E-state index contributed by atoms with van der Waals surface area (Å²) in [5.74, 6) is 0.444. The first kappa shape index (κ1) is 54.4. The number of benzene rings is 2. The number of carbonyl (C=O) groups excluding carboxylic acids is 3. The summed E-state index contributed by atoms with van der Waals surface area (Å²) in [7, 11) is 1.87. The van der Waals surface area contributed by atoms with Gasteiger partial charge in [-0.1, -0.05) is 62.5 Å². The van der Waals surface area contributed by atoms with Gasteiger partial charge in [-0.05, 0) is 72.6 Å². The highest BCUT2D eigenvalue weighted by atomic mass is 28.3. The van der Waals surface area contributed by atoms with Gasteiger partial charge in [-0.15, -0.1) is 0 Å². The maximum Gasteiger partial charge on any atom is 0.407 e. The van der Waals surface area contributed by atoms with Crippen LogP contribution in [0, 0.1) is 0 Å². The minimum atomic E-state index is -1.35. The molecular weight excluding hydrogens is 815 g/mol. The van der Waals surface area contributed by atoms with Gasteiger partial charge in [0.25, 0.3) is 0 Å². The zero-order valence-corrected chi connectivity index (χ0v) is 40.5. The number of hydrogen-bond acceptors (Lipinski definition) is 14. The van der Waals surface area contributed by atoms with Crippen molar-refractivity contribution in [3.05, 3.63) is 59.7 Å². The zero-order chi connectivity index (χ0) is 46.0. The number of ether oxygens (including phenoxy) is 9. The van der Waals surface area contributed by atoms with Crippen molar-refractivity contribution in [3.63, 3.8) is 0 Å². The lowest BCUT2D eigenvalue weighted by atomic mass is 10.0. The highest BCUT2D eigenvalue weighted by Crippen LogP contribution is 2.26. The Morgan fingerprint density at radius 3 is 1.71 bits per heavy atom. The molecule has 0 aliphatic heterocycles. The van der Waals surface area contributed by atoms with Gasteiger partial charge >= 0.3 is 18.0 Å². The van der Waals surface area contributed by atoms with Gasteiger partial charge in [0, 0.05) is 65.6 Å². The maximum absolute atomic E-state index is 13.7. The SMILES string of the molecule is COCCOCOc1ccccc1CN(CC(=O)OC(C)(C)C)C[C@H](CCCCNC(=O)OCC[Si](C)(C)C)N(CC(=O)OC(C)(C)C)Cc1ccccc1OCOCCOC. The molecule has 62 heavy (non-hydrogen) atoms. The molecule has 0 bridgehead atoms. The monoisotopic (exact) mass is 892 g/mol. The summed E-state index contributed by atoms with van der Waals surface area (Å²) in [5, 5.41) is 2.89. The molecule has 0 fully saturated rings. The molecule has 0 spiro atoms. The van der Waals surface area contributed by atoms with E-state index in [4.69, 9.17) is 42.6 Å². The Kier molecular flexibility index (Phi) is 25.3. The third-order valence-electron chi connectivity index (χ3n) is 9.00. The van der Waals surface area contributed by atoms with Gasteiger partial charge in [0.05, 0.1) is 46.1 Å². The number of nitrogens with zero attached hydrogens (tertiary/aromatic N) is 2. The summed E-state index contributed by atoms with van der Waals surface area (Å²) in [4.78, 5) is 43.9. The van der Waals surface area contributed by atoms with Crippen LogP contribution in [0.1, 0.15) is 71.9 Å². The van der Waals surface area contributed by atoms with Crippen molar-refractivity contribution in [1.29, 1.82) is 0 Å². The fraction of sp³-hybridized carbons (Fsp3) is 0.674. The first-order chi connectivity index (χ1) is 29.3. The van der Waals surface area contributed by atoms with Crippen LogP contribution in [-0.4, -0.2) is 140 Å². The quantitative estimate of drug-likeness (QED) is 0.0265. The van der Waals surface area contributed by atoms with Gasteiger partial charge in [0.2, 0.25) is 0 Å². The molecule has 0 radical (unpaired) electrons. The van der Waals surface area contributed by atoms with Crippen molar-refractivity contribution in [1.82, 2.24) is 15.1 Å². The van der Waals surface area contributed by atoms with E-state index in [1.807, 2.05) is 95.0 Å². The maximum atomic E-state index is 13.7. The largest absolute Gasteiger partial charge is 0.467 e. The Labute approximate surface area is 372 Å². The Balaban J connectivity index is 2.53. The second-order valence-corrected chi connectivity index (χ2v) is 23.9. The predicted octanol–water partition coefficient (Wildman–Crippen LogP) is 7.28. The highest BCUT2D eigenvalue weighted by Gasteiger charge is 2.29. The minimum Gasteiger partial charge on any atom is -0.467 e. The Hall–Kier alpha value is -3.77. The van der Waals surface area contributed by atoms with Gasteiger partial charge in [-0.3, -0.25) is 19.4 Å². The number of amides is 1. The van der Waals surface area contributed by atoms with E-state index in [1.54, 1.807) is 14.2 Å². The van der Waals surface area contributed by atoms with Crippen molar-refractivity contribution in [2.75, 3.05) is 87.0 Å². The lowest BCUT2D eigenvalue weighted by Gasteiger charge is -2.36. The summed E-state index contributed by atoms with van der Waals surface area (Å²) in [6, 6.07) is 15.9. The second-order valence-electron chi connectivity index (χ2n) is 18.3. The van der Waals surface area contributed by atoms with Crippen molar-refractivity contribution < 1.29 is 57.0 Å². The van der Waals surface area contributed by atoms with Gasteiger partial charge in [0.1, 0.15) is 22.7 Å². The summed E-state index contributed by atoms with van der Waals surface area (Å²) in [5.41, 5.74) is 0.261. The predicted molar refractivity (Wildman–Crippen MR) is 242 cm³/mol. The molecule has 2 rings (SSSR count). The molecule has 1 atom stereocenters. The van der Waals surface area contributed by atoms with Gasteiger partial charge in [-0.2, -0.15) is 0 Å². The van der Waals surface area contributed by atoms with Crippen LogP contribution in [0.3, 0.4) is 0 Å². The van der Waals surface area contributed by atoms with E-state index in [0.717, 1.165) is 17.2 Å². The molecule has 0 heterocycles. The zero-order valence-electron chi connectivity index (χ0n) is 39.5. The van der Waals surface area contributed by atoms with Crippen LogP contribution in [0.4, 0.5) is 4.79 Å². The van der Waals surface area contributed by atoms with E-state index in [1.165, 1.54) is 0 Å². The summed E-state index contributed by atoms with van der Waals surface area (Å²) in [6.45, 7) is 21.2. The van der Waals surface area contributed by atoms with Crippen LogP contribution in [0.25, 0.3) is 0 Å². The molecule has 16 heteroatoms. The first-order valence-corrected chi connectivity index (χ1v) is 25.3. The summed E-state index contributed by atoms with van der Waals surface area (Å²) >= 11 is 0. The molecular formula is C46H77N3O12Si. The Bertz CT molecular complexity index is 1580. The average molecular weight is 892 g/mol. The van der Waals surface area contributed by atoms with Crippen LogP contribution in [0.5, 0.6) is 11.5 Å². The molecule has 1 amide bonds. The smallest absolute Gasteiger partial charge is 0.407 e. The number of para-hydroxylation sites is 2. The van der Waals surface area contributed by atoms with Crippen LogP contribution in [0.2, 0.25) is 25.7 Å². The van der Waals surface area contributed by atoms with Crippen LogP contribution in [0.15, 0.2) is 48.5 Å². The standard InChI is InChI=1S/C46H77N3O12Si/c1-45(2,3)60-42(50)33-48(30-37-18-12-14-21-40(37)58-35-55-26-24-53-7)32-39(20-16-17-23-47-44(52)57-28-29-62(9,10)11)49(34-43(51)61-46(4,5)6)31-38-19-13-15-22-41(38)59-36-56-27-25-54-8/h12-15,18-19,21-22,39H,16-17,20,23-36H2,1-11H3,(H,47,52)/t39-/m0/s1. The number of hydrogen-bond donors (Lipinski definition) is 1. The molecule has 0 aliphatic rings.